The molecule has 1 aliphatic carbocycles. The molecule has 4 heteroatoms. The summed E-state index contributed by atoms with van der Waals surface area (Å²) in [5.74, 6) is 0.601. The molecule has 254 valence electrons. The summed E-state index contributed by atoms with van der Waals surface area (Å²) < 4.78 is 12.9. The van der Waals surface area contributed by atoms with Gasteiger partial charge in [-0.3, -0.25) is 0 Å². The number of oxazole rings is 1. The Kier molecular flexibility index (Phi) is 6.73. The largest absolute Gasteiger partial charge is 0.456 e. The van der Waals surface area contributed by atoms with E-state index in [1.54, 1.807) is 0 Å². The number of para-hydroxylation sites is 1. The average molecular weight is 693 g/mol. The maximum Gasteiger partial charge on any atom is 0.227 e. The Bertz CT molecular complexity index is 2960. The van der Waals surface area contributed by atoms with Crippen LogP contribution in [-0.4, -0.2) is 4.98 Å². The van der Waals surface area contributed by atoms with Crippen LogP contribution in [-0.2, 0) is 5.41 Å². The molecular weight excluding hydrogens is 661 g/mol. The Balaban J connectivity index is 1.16. The molecule has 0 fully saturated rings. The number of benzene rings is 8. The summed E-state index contributed by atoms with van der Waals surface area (Å²) in [6, 6.07) is 68.7. The lowest BCUT2D eigenvalue weighted by molar-refractivity contribution is 0.620. The van der Waals surface area contributed by atoms with Crippen LogP contribution in [0, 0.1) is 0 Å². The predicted molar refractivity (Wildman–Crippen MR) is 219 cm³/mol. The van der Waals surface area contributed by atoms with Crippen LogP contribution in [0.15, 0.2) is 203 Å². The second kappa shape index (κ2) is 11.9. The maximum atomic E-state index is 6.45. The Hall–Kier alpha value is -7.17. The first-order chi connectivity index (χ1) is 26.8. The van der Waals surface area contributed by atoms with Crippen LogP contribution in [0.1, 0.15) is 22.3 Å². The topological polar surface area (TPSA) is 42.4 Å². The molecule has 0 radical (unpaired) electrons. The van der Waals surface area contributed by atoms with Crippen LogP contribution in [0.25, 0.3) is 55.6 Å². The first kappa shape index (κ1) is 30.5. The summed E-state index contributed by atoms with van der Waals surface area (Å²) in [6.45, 7) is 0. The third-order valence-corrected chi connectivity index (χ3v) is 11.0. The van der Waals surface area contributed by atoms with Gasteiger partial charge < -0.3 is 13.7 Å². The zero-order chi connectivity index (χ0) is 35.6. The van der Waals surface area contributed by atoms with Gasteiger partial charge in [-0.15, -0.1) is 0 Å². The predicted octanol–water partition coefficient (Wildman–Crippen LogP) is 13.2. The number of hydrogen-bond donors (Lipinski definition) is 0. The number of aromatic nitrogens is 1. The highest BCUT2D eigenvalue weighted by Crippen LogP contribution is 2.57. The molecule has 0 saturated carbocycles. The summed E-state index contributed by atoms with van der Waals surface area (Å²) in [6.07, 6.45) is 0. The molecule has 54 heavy (non-hydrogen) atoms. The molecule has 0 saturated heterocycles. The second-order valence-electron chi connectivity index (χ2n) is 13.9. The molecule has 1 aliphatic rings. The molecule has 2 aromatic heterocycles. The number of furan rings is 1. The molecular formula is C50H32N2O2. The van der Waals surface area contributed by atoms with Gasteiger partial charge in [0.05, 0.1) is 5.41 Å². The highest BCUT2D eigenvalue weighted by atomic mass is 16.3. The van der Waals surface area contributed by atoms with Crippen molar-refractivity contribution in [3.8, 4) is 22.6 Å². The lowest BCUT2D eigenvalue weighted by atomic mass is 9.67. The first-order valence-electron chi connectivity index (χ1n) is 18.3. The summed E-state index contributed by atoms with van der Waals surface area (Å²) in [7, 11) is 0. The van der Waals surface area contributed by atoms with Crippen LogP contribution in [0.5, 0.6) is 0 Å². The van der Waals surface area contributed by atoms with E-state index in [4.69, 9.17) is 13.8 Å². The summed E-state index contributed by atoms with van der Waals surface area (Å²) >= 11 is 0. The van der Waals surface area contributed by atoms with Gasteiger partial charge in [-0.2, -0.15) is 0 Å². The van der Waals surface area contributed by atoms with E-state index in [-0.39, 0.29) is 0 Å². The van der Waals surface area contributed by atoms with E-state index >= 15 is 0 Å². The van der Waals surface area contributed by atoms with Crippen LogP contribution in [0.4, 0.5) is 17.1 Å². The normalized spacial score (nSPS) is 13.0. The minimum Gasteiger partial charge on any atom is -0.456 e. The van der Waals surface area contributed by atoms with E-state index in [1.807, 2.05) is 42.5 Å². The summed E-state index contributed by atoms with van der Waals surface area (Å²) in [5, 5.41) is 2.19. The van der Waals surface area contributed by atoms with Gasteiger partial charge in [0, 0.05) is 45.5 Å². The lowest BCUT2D eigenvalue weighted by Crippen LogP contribution is -2.28. The minimum atomic E-state index is -0.529. The average Bonchev–Trinajstić information content (AvgIpc) is 3.92. The van der Waals surface area contributed by atoms with Crippen molar-refractivity contribution in [3.05, 3.63) is 216 Å². The fourth-order valence-corrected chi connectivity index (χ4v) is 8.63. The van der Waals surface area contributed by atoms with Crippen LogP contribution in [0.3, 0.4) is 0 Å². The number of rotatable bonds is 6. The van der Waals surface area contributed by atoms with E-state index in [1.165, 1.54) is 33.4 Å². The van der Waals surface area contributed by atoms with E-state index in [2.05, 4.69) is 157 Å². The molecule has 0 aliphatic heterocycles. The molecule has 10 aromatic rings. The molecule has 0 N–H and O–H groups in total. The summed E-state index contributed by atoms with van der Waals surface area (Å²) in [4.78, 5) is 7.16. The summed E-state index contributed by atoms with van der Waals surface area (Å²) in [5.41, 5.74) is 14.1. The number of hydrogen-bond acceptors (Lipinski definition) is 4. The molecule has 0 amide bonds. The Morgan fingerprint density at radius 1 is 0.407 bits per heavy atom. The minimum absolute atomic E-state index is 0.529. The van der Waals surface area contributed by atoms with Gasteiger partial charge >= 0.3 is 0 Å². The van der Waals surface area contributed by atoms with Crippen molar-refractivity contribution in [2.24, 2.45) is 0 Å². The molecule has 0 atom stereocenters. The van der Waals surface area contributed by atoms with Gasteiger partial charge in [-0.25, -0.2) is 4.98 Å². The molecule has 4 nitrogen and oxygen atoms in total. The van der Waals surface area contributed by atoms with E-state index < -0.39 is 5.41 Å². The highest BCUT2D eigenvalue weighted by molar-refractivity contribution is 6.06. The molecule has 11 rings (SSSR count). The van der Waals surface area contributed by atoms with Crippen molar-refractivity contribution in [2.75, 3.05) is 4.90 Å². The number of anilines is 3. The van der Waals surface area contributed by atoms with Gasteiger partial charge in [0.15, 0.2) is 5.58 Å². The first-order valence-corrected chi connectivity index (χ1v) is 18.3. The van der Waals surface area contributed by atoms with Crippen LogP contribution >= 0.6 is 0 Å². The zero-order valence-corrected chi connectivity index (χ0v) is 29.2. The fraction of sp³-hybridized carbons (Fsp3) is 0.0200. The highest BCUT2D eigenvalue weighted by Gasteiger charge is 2.46. The molecule has 0 unspecified atom stereocenters. The van der Waals surface area contributed by atoms with Crippen molar-refractivity contribution in [2.45, 2.75) is 5.41 Å². The quantitative estimate of drug-likeness (QED) is 0.174. The van der Waals surface area contributed by atoms with Gasteiger partial charge in [0.25, 0.3) is 0 Å². The SMILES string of the molecule is c1ccc(-c2nc3ccc(N(c4ccc5c(c4)C(c4ccccc4)(c4ccccc4)c4ccccc4-5)c4ccc5c(c4)oc4ccccc45)cc3o2)cc1. The number of fused-ring (bicyclic) bond motifs is 7. The molecule has 0 spiro atoms. The third kappa shape index (κ3) is 4.53. The Labute approximate surface area is 312 Å². The molecule has 8 aromatic carbocycles. The van der Waals surface area contributed by atoms with Gasteiger partial charge in [0.2, 0.25) is 5.89 Å². The maximum absolute atomic E-state index is 6.45. The monoisotopic (exact) mass is 692 g/mol. The van der Waals surface area contributed by atoms with Crippen molar-refractivity contribution in [1.82, 2.24) is 4.98 Å². The third-order valence-electron chi connectivity index (χ3n) is 11.0. The molecule has 2 heterocycles. The Morgan fingerprint density at radius 3 is 1.76 bits per heavy atom. The van der Waals surface area contributed by atoms with Gasteiger partial charge in [-0.05, 0) is 88.0 Å². The van der Waals surface area contributed by atoms with E-state index in [9.17, 15) is 0 Å². The second-order valence-corrected chi connectivity index (χ2v) is 13.9. The zero-order valence-electron chi connectivity index (χ0n) is 29.2. The lowest BCUT2D eigenvalue weighted by Gasteiger charge is -2.35. The smallest absolute Gasteiger partial charge is 0.227 e. The fourth-order valence-electron chi connectivity index (χ4n) is 8.63. The Morgan fingerprint density at radius 2 is 0.981 bits per heavy atom. The van der Waals surface area contributed by atoms with E-state index in [0.29, 0.717) is 5.89 Å². The van der Waals surface area contributed by atoms with Gasteiger partial charge in [0.1, 0.15) is 16.7 Å². The molecule has 0 bridgehead atoms. The van der Waals surface area contributed by atoms with E-state index in [0.717, 1.165) is 55.7 Å². The van der Waals surface area contributed by atoms with Crippen molar-refractivity contribution in [1.29, 1.82) is 0 Å². The van der Waals surface area contributed by atoms with Crippen molar-refractivity contribution >= 4 is 50.1 Å². The van der Waals surface area contributed by atoms with Crippen LogP contribution in [0.2, 0.25) is 0 Å². The standard InChI is InChI=1S/C50H32N2O2/c1-4-14-33(15-5-1)49-51-45-29-26-38(32-48(45)54-49)52(37-25-28-42-41-21-11-13-23-46(41)53-47(42)31-37)36-24-27-40-39-20-10-12-22-43(39)50(44(40)30-36,34-16-6-2-7-17-34)35-18-8-3-9-19-35/h1-32H. The van der Waals surface area contributed by atoms with Crippen molar-refractivity contribution in [3.63, 3.8) is 0 Å². The van der Waals surface area contributed by atoms with Gasteiger partial charge in [-0.1, -0.05) is 127 Å². The van der Waals surface area contributed by atoms with Crippen LogP contribution < -0.4 is 4.90 Å². The number of nitrogens with zero attached hydrogens (tertiary/aromatic N) is 2. The van der Waals surface area contributed by atoms with Crippen molar-refractivity contribution < 1.29 is 8.83 Å².